The summed E-state index contributed by atoms with van der Waals surface area (Å²) >= 11 is 0. The van der Waals surface area contributed by atoms with Gasteiger partial charge < -0.3 is 19.9 Å². The molecule has 0 spiro atoms. The van der Waals surface area contributed by atoms with E-state index in [-0.39, 0.29) is 35.5 Å². The zero-order valence-electron chi connectivity index (χ0n) is 14.5. The van der Waals surface area contributed by atoms with Gasteiger partial charge in [-0.25, -0.2) is 0 Å². The Labute approximate surface area is 151 Å². The number of anilines is 1. The third-order valence-corrected chi connectivity index (χ3v) is 3.95. The summed E-state index contributed by atoms with van der Waals surface area (Å²) in [5.74, 6) is -0.571. The van der Waals surface area contributed by atoms with E-state index in [9.17, 15) is 10.5 Å². The molecule has 1 aliphatic rings. The maximum atomic E-state index is 9.67. The average Bonchev–Trinajstić information content (AvgIpc) is 2.99. The predicted octanol–water partition coefficient (Wildman–Crippen LogP) is 2.60. The summed E-state index contributed by atoms with van der Waals surface area (Å²) in [5, 5.41) is 19.1. The van der Waals surface area contributed by atoms with Crippen molar-refractivity contribution in [1.82, 2.24) is 4.98 Å². The molecular formula is C19H18N4O3. The lowest BCUT2D eigenvalue weighted by molar-refractivity contribution is -0.141. The van der Waals surface area contributed by atoms with E-state index < -0.39 is 5.79 Å². The van der Waals surface area contributed by atoms with Crippen molar-refractivity contribution < 1.29 is 14.2 Å². The fourth-order valence-corrected chi connectivity index (χ4v) is 2.81. The number of hydrogen-bond acceptors (Lipinski definition) is 7. The van der Waals surface area contributed by atoms with Gasteiger partial charge in [0.05, 0.1) is 6.61 Å². The molecule has 3 rings (SSSR count). The van der Waals surface area contributed by atoms with Crippen LogP contribution in [-0.2, 0) is 9.47 Å². The van der Waals surface area contributed by atoms with Crippen molar-refractivity contribution in [3.63, 3.8) is 0 Å². The number of nitrogen functional groups attached to an aromatic ring is 1. The molecule has 1 aromatic heterocycles. The molecule has 0 amide bonds. The van der Waals surface area contributed by atoms with E-state index >= 15 is 0 Å². The Kier molecular flexibility index (Phi) is 4.77. The van der Waals surface area contributed by atoms with E-state index in [1.54, 1.807) is 12.1 Å². The van der Waals surface area contributed by atoms with Gasteiger partial charge in [-0.15, -0.1) is 0 Å². The van der Waals surface area contributed by atoms with Crippen molar-refractivity contribution >= 4 is 5.82 Å². The molecule has 132 valence electrons. The van der Waals surface area contributed by atoms with Gasteiger partial charge in [-0.1, -0.05) is 30.3 Å². The zero-order valence-corrected chi connectivity index (χ0v) is 14.5. The number of hydrogen-bond donors (Lipinski definition) is 1. The molecule has 2 N–H and O–H groups in total. The van der Waals surface area contributed by atoms with Crippen LogP contribution in [0.15, 0.2) is 30.3 Å². The Morgan fingerprint density at radius 2 is 1.92 bits per heavy atom. The second kappa shape index (κ2) is 7.01. The van der Waals surface area contributed by atoms with Gasteiger partial charge in [0.25, 0.3) is 0 Å². The van der Waals surface area contributed by atoms with Crippen LogP contribution in [0, 0.1) is 22.7 Å². The molecule has 2 heterocycles. The summed E-state index contributed by atoms with van der Waals surface area (Å²) in [6.45, 7) is 4.18. The highest BCUT2D eigenvalue weighted by Gasteiger charge is 2.33. The standard InChI is InChI=1S/C19H18N4O3/c1-19(2)25-11-13(26-19)10-24-18-15(9-21)16(12-6-4-3-5-7-12)14(8-20)17(22)23-18/h3-7,13H,10-11H2,1-2H3,(H2,22,23). The van der Waals surface area contributed by atoms with Crippen LogP contribution >= 0.6 is 0 Å². The van der Waals surface area contributed by atoms with E-state index in [2.05, 4.69) is 11.1 Å². The van der Waals surface area contributed by atoms with Gasteiger partial charge in [-0.05, 0) is 19.4 Å². The molecule has 1 unspecified atom stereocenters. The first-order valence-electron chi connectivity index (χ1n) is 8.09. The van der Waals surface area contributed by atoms with E-state index in [0.29, 0.717) is 17.7 Å². The molecule has 0 bridgehead atoms. The monoisotopic (exact) mass is 350 g/mol. The molecule has 2 aromatic rings. The first-order valence-corrected chi connectivity index (χ1v) is 8.09. The molecule has 1 aromatic carbocycles. The molecule has 0 saturated carbocycles. The maximum absolute atomic E-state index is 9.67. The second-order valence-corrected chi connectivity index (χ2v) is 6.28. The minimum atomic E-state index is -0.668. The molecule has 7 heteroatoms. The SMILES string of the molecule is CC1(C)OCC(COc2nc(N)c(C#N)c(-c3ccccc3)c2C#N)O1. The van der Waals surface area contributed by atoms with Gasteiger partial charge >= 0.3 is 0 Å². The Morgan fingerprint density at radius 3 is 2.50 bits per heavy atom. The molecular weight excluding hydrogens is 332 g/mol. The first kappa shape index (κ1) is 17.7. The Bertz CT molecular complexity index is 898. The smallest absolute Gasteiger partial charge is 0.234 e. The van der Waals surface area contributed by atoms with Crippen molar-refractivity contribution in [3.8, 4) is 29.1 Å². The summed E-state index contributed by atoms with van der Waals surface area (Å²) in [6.07, 6.45) is -0.282. The number of ether oxygens (including phenoxy) is 3. The molecule has 1 saturated heterocycles. The van der Waals surface area contributed by atoms with Gasteiger partial charge in [0.2, 0.25) is 5.88 Å². The third kappa shape index (κ3) is 3.45. The van der Waals surface area contributed by atoms with E-state index in [4.69, 9.17) is 19.9 Å². The molecule has 7 nitrogen and oxygen atoms in total. The van der Waals surface area contributed by atoms with Gasteiger partial charge in [-0.2, -0.15) is 15.5 Å². The Balaban J connectivity index is 1.98. The number of nitrogens with zero attached hydrogens (tertiary/aromatic N) is 3. The molecule has 0 radical (unpaired) electrons. The zero-order chi connectivity index (χ0) is 18.7. The topological polar surface area (TPSA) is 114 Å². The second-order valence-electron chi connectivity index (χ2n) is 6.28. The van der Waals surface area contributed by atoms with Gasteiger partial charge in [0, 0.05) is 5.56 Å². The number of aromatic nitrogens is 1. The lowest BCUT2D eigenvalue weighted by atomic mass is 9.96. The van der Waals surface area contributed by atoms with Crippen LogP contribution in [-0.4, -0.2) is 30.1 Å². The number of nitriles is 2. The minimum Gasteiger partial charge on any atom is -0.474 e. The van der Waals surface area contributed by atoms with Crippen molar-refractivity contribution in [2.45, 2.75) is 25.7 Å². The highest BCUT2D eigenvalue weighted by atomic mass is 16.7. The van der Waals surface area contributed by atoms with Crippen LogP contribution in [0.5, 0.6) is 5.88 Å². The van der Waals surface area contributed by atoms with Crippen LogP contribution in [0.25, 0.3) is 11.1 Å². The molecule has 1 aliphatic heterocycles. The van der Waals surface area contributed by atoms with Crippen molar-refractivity contribution in [1.29, 1.82) is 10.5 Å². The number of nitrogens with two attached hydrogens (primary N) is 1. The maximum Gasteiger partial charge on any atom is 0.234 e. The van der Waals surface area contributed by atoms with Crippen molar-refractivity contribution in [2.75, 3.05) is 18.9 Å². The Hall–Kier alpha value is -3.13. The molecule has 26 heavy (non-hydrogen) atoms. The third-order valence-electron chi connectivity index (χ3n) is 3.95. The highest BCUT2D eigenvalue weighted by molar-refractivity contribution is 5.82. The highest BCUT2D eigenvalue weighted by Crippen LogP contribution is 2.35. The van der Waals surface area contributed by atoms with Crippen LogP contribution in [0.3, 0.4) is 0 Å². The average molecular weight is 350 g/mol. The Morgan fingerprint density at radius 1 is 1.23 bits per heavy atom. The summed E-state index contributed by atoms with van der Waals surface area (Å²) in [5.41, 5.74) is 7.38. The van der Waals surface area contributed by atoms with Crippen LogP contribution in [0.4, 0.5) is 5.82 Å². The normalized spacial score (nSPS) is 18.1. The van der Waals surface area contributed by atoms with Crippen LogP contribution < -0.4 is 10.5 Å². The molecule has 1 atom stereocenters. The predicted molar refractivity (Wildman–Crippen MR) is 93.9 cm³/mol. The van der Waals surface area contributed by atoms with E-state index in [0.717, 1.165) is 0 Å². The van der Waals surface area contributed by atoms with Crippen LogP contribution in [0.2, 0.25) is 0 Å². The number of benzene rings is 1. The van der Waals surface area contributed by atoms with E-state index in [1.807, 2.05) is 38.1 Å². The fourth-order valence-electron chi connectivity index (χ4n) is 2.81. The molecule has 1 fully saturated rings. The number of pyridine rings is 1. The lowest BCUT2D eigenvalue weighted by Crippen LogP contribution is -2.25. The summed E-state index contributed by atoms with van der Waals surface area (Å²) in [7, 11) is 0. The minimum absolute atomic E-state index is 0.0178. The quantitative estimate of drug-likeness (QED) is 0.901. The van der Waals surface area contributed by atoms with Gasteiger partial charge in [0.15, 0.2) is 5.79 Å². The number of rotatable bonds is 4. The van der Waals surface area contributed by atoms with Crippen molar-refractivity contribution in [2.24, 2.45) is 0 Å². The summed E-state index contributed by atoms with van der Waals surface area (Å²) in [4.78, 5) is 4.11. The van der Waals surface area contributed by atoms with Crippen molar-refractivity contribution in [3.05, 3.63) is 41.5 Å². The lowest BCUT2D eigenvalue weighted by Gasteiger charge is -2.18. The van der Waals surface area contributed by atoms with Gasteiger partial charge in [-0.3, -0.25) is 0 Å². The molecule has 0 aliphatic carbocycles. The summed E-state index contributed by atoms with van der Waals surface area (Å²) in [6, 6.07) is 13.2. The van der Waals surface area contributed by atoms with Crippen LogP contribution in [0.1, 0.15) is 25.0 Å². The largest absolute Gasteiger partial charge is 0.474 e. The first-order chi connectivity index (χ1) is 12.4. The fraction of sp³-hybridized carbons (Fsp3) is 0.316. The van der Waals surface area contributed by atoms with Gasteiger partial charge in [0.1, 0.15) is 41.8 Å². The van der Waals surface area contributed by atoms with E-state index in [1.165, 1.54) is 0 Å². The summed E-state index contributed by atoms with van der Waals surface area (Å²) < 4.78 is 16.9.